The van der Waals surface area contributed by atoms with Gasteiger partial charge in [0.05, 0.1) is 17.8 Å². The van der Waals surface area contributed by atoms with Crippen LogP contribution in [0.1, 0.15) is 33.3 Å². The summed E-state index contributed by atoms with van der Waals surface area (Å²) in [5, 5.41) is 13.3. The van der Waals surface area contributed by atoms with Crippen molar-refractivity contribution < 1.29 is 36.9 Å². The number of carbonyl (C=O) groups excluding carboxylic acids is 1. The van der Waals surface area contributed by atoms with E-state index in [9.17, 15) is 23.1 Å². The summed E-state index contributed by atoms with van der Waals surface area (Å²) in [6.45, 7) is 7.27. The highest BCUT2D eigenvalue weighted by Crippen LogP contribution is 2.31. The fraction of sp³-hybridized carbons (Fsp3) is 0.522. The number of piperazine rings is 1. The molecule has 1 aliphatic heterocycles. The van der Waals surface area contributed by atoms with E-state index in [-0.39, 0.29) is 43.6 Å². The molecule has 0 bridgehead atoms. The molecule has 2 aromatic rings. The molecule has 13 heteroatoms. The number of halogens is 4. The number of rotatable bonds is 6. The Morgan fingerprint density at radius 3 is 2.47 bits per heavy atom. The first-order chi connectivity index (χ1) is 16.7. The first-order valence-corrected chi connectivity index (χ1v) is 11.2. The van der Waals surface area contributed by atoms with Crippen molar-refractivity contribution in [3.63, 3.8) is 0 Å². The number of β-amino-alcohol motifs (C(OH)–C–C–N with tert-alkyl or cyclic N) is 1. The Morgan fingerprint density at radius 1 is 1.22 bits per heavy atom. The summed E-state index contributed by atoms with van der Waals surface area (Å²) < 4.78 is 64.1. The third kappa shape index (κ3) is 7.09. The van der Waals surface area contributed by atoms with E-state index in [1.807, 2.05) is 0 Å². The smallest absolute Gasteiger partial charge is 0.419 e. The van der Waals surface area contributed by atoms with Crippen LogP contribution in [-0.2, 0) is 10.9 Å². The van der Waals surface area contributed by atoms with Gasteiger partial charge in [-0.3, -0.25) is 0 Å². The van der Waals surface area contributed by atoms with Gasteiger partial charge in [0.1, 0.15) is 18.9 Å². The fourth-order valence-electron chi connectivity index (χ4n) is 3.45. The highest BCUT2D eigenvalue weighted by Gasteiger charge is 2.33. The lowest BCUT2D eigenvalue weighted by molar-refractivity contribution is -0.138. The van der Waals surface area contributed by atoms with Gasteiger partial charge in [-0.1, -0.05) is 6.07 Å². The minimum Gasteiger partial charge on any atom is -0.487 e. The van der Waals surface area contributed by atoms with Crippen LogP contribution >= 0.6 is 0 Å². The lowest BCUT2D eigenvalue weighted by atomic mass is 10.1. The molecule has 1 aliphatic rings. The maximum absolute atomic E-state index is 15.2. The van der Waals surface area contributed by atoms with Crippen molar-refractivity contribution in [2.24, 2.45) is 0 Å². The maximum atomic E-state index is 15.2. The van der Waals surface area contributed by atoms with Crippen LogP contribution in [0.25, 0.3) is 0 Å². The van der Waals surface area contributed by atoms with Crippen LogP contribution in [0.4, 0.5) is 34.0 Å². The molecule has 1 saturated heterocycles. The molecular formula is C23H29F4N5O4. The number of alkyl carbamates (subject to hydrolysis) is 1. The Morgan fingerprint density at radius 2 is 1.89 bits per heavy atom. The molecule has 2 N–H and O–H groups in total. The van der Waals surface area contributed by atoms with Gasteiger partial charge in [0.2, 0.25) is 5.95 Å². The van der Waals surface area contributed by atoms with Crippen molar-refractivity contribution in [1.29, 1.82) is 0 Å². The molecule has 2 unspecified atom stereocenters. The molecule has 0 aliphatic carbocycles. The van der Waals surface area contributed by atoms with Gasteiger partial charge >= 0.3 is 12.3 Å². The molecule has 9 nitrogen and oxygen atoms in total. The number of aromatic nitrogens is 2. The van der Waals surface area contributed by atoms with Crippen molar-refractivity contribution in [3.05, 3.63) is 42.0 Å². The van der Waals surface area contributed by atoms with Gasteiger partial charge in [0, 0.05) is 31.0 Å². The standard InChI is InChI=1S/C23H29F4N5O4/c1-14(36-21(34)30-22(2,3)4)13-35-17-7-5-6-16(19(17)24)32-9-8-31(12-18(32)33)20-28-10-15(11-29-20)23(25,26)27/h5-7,10-11,14,18,33H,8-9,12-13H2,1-4H3,(H,30,34). The first kappa shape index (κ1) is 27.2. The highest BCUT2D eigenvalue weighted by molar-refractivity contribution is 5.68. The predicted octanol–water partition coefficient (Wildman–Crippen LogP) is 3.57. The number of aliphatic hydroxyl groups excluding tert-OH is 1. The van der Waals surface area contributed by atoms with E-state index >= 15 is 4.39 Å². The lowest BCUT2D eigenvalue weighted by Gasteiger charge is -2.40. The summed E-state index contributed by atoms with van der Waals surface area (Å²) in [7, 11) is 0. The molecule has 1 amide bonds. The molecule has 0 spiro atoms. The number of ether oxygens (including phenoxy) is 2. The Hall–Kier alpha value is -3.35. The molecule has 1 fully saturated rings. The van der Waals surface area contributed by atoms with Gasteiger partial charge in [-0.15, -0.1) is 0 Å². The number of nitrogens with one attached hydrogen (secondary N) is 1. The van der Waals surface area contributed by atoms with Crippen LogP contribution in [0, 0.1) is 5.82 Å². The van der Waals surface area contributed by atoms with E-state index in [1.54, 1.807) is 33.8 Å². The van der Waals surface area contributed by atoms with Gasteiger partial charge in [-0.25, -0.2) is 19.2 Å². The van der Waals surface area contributed by atoms with Crippen LogP contribution < -0.4 is 19.9 Å². The third-order valence-electron chi connectivity index (χ3n) is 5.11. The van der Waals surface area contributed by atoms with E-state index in [4.69, 9.17) is 9.47 Å². The van der Waals surface area contributed by atoms with Crippen LogP contribution in [0.5, 0.6) is 5.75 Å². The van der Waals surface area contributed by atoms with E-state index < -0.39 is 41.5 Å². The number of nitrogens with zero attached hydrogens (tertiary/aromatic N) is 4. The molecule has 36 heavy (non-hydrogen) atoms. The predicted molar refractivity (Wildman–Crippen MR) is 123 cm³/mol. The minimum atomic E-state index is -4.55. The van der Waals surface area contributed by atoms with Gasteiger partial charge in [0.25, 0.3) is 0 Å². The number of carbonyl (C=O) groups is 1. The fourth-order valence-corrected chi connectivity index (χ4v) is 3.45. The zero-order chi connectivity index (χ0) is 26.7. The molecule has 1 aromatic carbocycles. The maximum Gasteiger partial charge on any atom is 0.419 e. The quantitative estimate of drug-likeness (QED) is 0.564. The second-order valence-electron chi connectivity index (χ2n) is 9.38. The number of hydrogen-bond donors (Lipinski definition) is 2. The summed E-state index contributed by atoms with van der Waals surface area (Å²) in [5.41, 5.74) is -1.35. The Balaban J connectivity index is 1.61. The average molecular weight is 516 g/mol. The van der Waals surface area contributed by atoms with Crippen molar-refractivity contribution in [2.75, 3.05) is 36.0 Å². The van der Waals surface area contributed by atoms with Gasteiger partial charge in [-0.05, 0) is 39.8 Å². The van der Waals surface area contributed by atoms with E-state index in [0.717, 1.165) is 0 Å². The van der Waals surface area contributed by atoms with Crippen LogP contribution in [-0.4, -0.2) is 65.3 Å². The minimum absolute atomic E-state index is 0.0312. The molecule has 1 aromatic heterocycles. The SMILES string of the molecule is CC(COc1cccc(N2CCN(c3ncc(C(F)(F)F)cn3)CC2O)c1F)OC(=O)NC(C)(C)C. The van der Waals surface area contributed by atoms with Crippen LogP contribution in [0.15, 0.2) is 30.6 Å². The average Bonchev–Trinajstić information content (AvgIpc) is 2.77. The number of benzene rings is 1. The summed E-state index contributed by atoms with van der Waals surface area (Å²) in [6.07, 6.45) is -5.65. The Kier molecular flexibility index (Phi) is 8.12. The number of hydrogen-bond acceptors (Lipinski definition) is 8. The van der Waals surface area contributed by atoms with E-state index in [2.05, 4.69) is 15.3 Å². The monoisotopic (exact) mass is 515 g/mol. The Labute approximate surface area is 206 Å². The second kappa shape index (κ2) is 10.7. The summed E-state index contributed by atoms with van der Waals surface area (Å²) in [5.74, 6) is -0.759. The summed E-state index contributed by atoms with van der Waals surface area (Å²) in [6, 6.07) is 4.45. The molecule has 3 rings (SSSR count). The van der Waals surface area contributed by atoms with Crippen LogP contribution in [0.3, 0.4) is 0 Å². The van der Waals surface area contributed by atoms with Crippen molar-refractivity contribution in [3.8, 4) is 5.75 Å². The molecule has 2 heterocycles. The number of amides is 1. The van der Waals surface area contributed by atoms with E-state index in [1.165, 1.54) is 21.9 Å². The van der Waals surface area contributed by atoms with Gasteiger partial charge < -0.3 is 29.7 Å². The zero-order valence-corrected chi connectivity index (χ0v) is 20.3. The molecular weight excluding hydrogens is 486 g/mol. The largest absolute Gasteiger partial charge is 0.487 e. The number of alkyl halides is 3. The molecule has 2 atom stereocenters. The topological polar surface area (TPSA) is 100 Å². The lowest BCUT2D eigenvalue weighted by Crippen LogP contribution is -2.54. The number of anilines is 2. The molecule has 0 saturated carbocycles. The van der Waals surface area contributed by atoms with Gasteiger partial charge in [0.15, 0.2) is 11.6 Å². The normalized spacial score (nSPS) is 17.5. The first-order valence-electron chi connectivity index (χ1n) is 11.2. The molecule has 198 valence electrons. The third-order valence-corrected chi connectivity index (χ3v) is 5.11. The highest BCUT2D eigenvalue weighted by atomic mass is 19.4. The van der Waals surface area contributed by atoms with E-state index in [0.29, 0.717) is 12.4 Å². The van der Waals surface area contributed by atoms with Crippen molar-refractivity contribution in [1.82, 2.24) is 15.3 Å². The second-order valence-corrected chi connectivity index (χ2v) is 9.38. The van der Waals surface area contributed by atoms with Crippen molar-refractivity contribution in [2.45, 2.75) is 51.7 Å². The van der Waals surface area contributed by atoms with Crippen molar-refractivity contribution >= 4 is 17.7 Å². The Bertz CT molecular complexity index is 1050. The summed E-state index contributed by atoms with van der Waals surface area (Å²) in [4.78, 5) is 22.3. The molecule has 0 radical (unpaired) electrons. The van der Waals surface area contributed by atoms with Crippen LogP contribution in [0.2, 0.25) is 0 Å². The summed E-state index contributed by atoms with van der Waals surface area (Å²) >= 11 is 0. The van der Waals surface area contributed by atoms with Gasteiger partial charge in [-0.2, -0.15) is 13.2 Å². The number of aliphatic hydroxyl groups is 1. The zero-order valence-electron chi connectivity index (χ0n) is 20.3.